The molecular weight excluding hydrogens is 320 g/mol. The molecule has 0 bridgehead atoms. The van der Waals surface area contributed by atoms with Crippen LogP contribution in [0.3, 0.4) is 0 Å². The lowest BCUT2D eigenvalue weighted by molar-refractivity contribution is -0.114. The molecule has 8 nitrogen and oxygen atoms in total. The van der Waals surface area contributed by atoms with Gasteiger partial charge in [-0.2, -0.15) is 4.99 Å². The van der Waals surface area contributed by atoms with Crippen molar-refractivity contribution in [2.24, 2.45) is 21.5 Å². The highest BCUT2D eigenvalue weighted by Crippen LogP contribution is 2.41. The van der Waals surface area contributed by atoms with Crippen LogP contribution in [0.15, 0.2) is 28.2 Å². The topological polar surface area (TPSA) is 118 Å². The van der Waals surface area contributed by atoms with Crippen molar-refractivity contribution in [3.63, 3.8) is 0 Å². The number of rotatable bonds is 3. The highest BCUT2D eigenvalue weighted by atomic mass is 16.5. The van der Waals surface area contributed by atoms with Crippen LogP contribution in [0.5, 0.6) is 5.75 Å². The van der Waals surface area contributed by atoms with Crippen LogP contribution >= 0.6 is 0 Å². The molecule has 134 valence electrons. The van der Waals surface area contributed by atoms with Crippen LogP contribution in [-0.2, 0) is 4.79 Å². The zero-order valence-electron chi connectivity index (χ0n) is 14.6. The third kappa shape index (κ3) is 3.24. The van der Waals surface area contributed by atoms with Gasteiger partial charge in [0.25, 0.3) is 0 Å². The van der Waals surface area contributed by atoms with Crippen molar-refractivity contribution in [2.75, 3.05) is 17.3 Å². The van der Waals surface area contributed by atoms with E-state index in [9.17, 15) is 4.79 Å². The second-order valence-electron chi connectivity index (χ2n) is 6.38. The van der Waals surface area contributed by atoms with Crippen molar-refractivity contribution in [1.29, 1.82) is 0 Å². The summed E-state index contributed by atoms with van der Waals surface area (Å²) in [4.78, 5) is 22.2. The van der Waals surface area contributed by atoms with E-state index in [4.69, 9.17) is 16.2 Å². The van der Waals surface area contributed by atoms with Crippen molar-refractivity contribution < 1.29 is 9.53 Å². The largest absolute Gasteiger partial charge is 0.495 e. The Morgan fingerprint density at radius 3 is 2.64 bits per heavy atom. The van der Waals surface area contributed by atoms with Gasteiger partial charge in [-0.15, -0.1) is 0 Å². The average Bonchev–Trinajstić information content (AvgIpc) is 2.54. The van der Waals surface area contributed by atoms with E-state index in [-0.39, 0.29) is 11.9 Å². The Bertz CT molecular complexity index is 737. The maximum Gasteiger partial charge on any atom is 0.221 e. The first-order chi connectivity index (χ1) is 11.9. The summed E-state index contributed by atoms with van der Waals surface area (Å²) in [6.45, 7) is 1.45. The molecule has 1 amide bonds. The van der Waals surface area contributed by atoms with Crippen LogP contribution in [-0.4, -0.2) is 30.6 Å². The molecule has 1 saturated carbocycles. The monoisotopic (exact) mass is 344 g/mol. The summed E-state index contributed by atoms with van der Waals surface area (Å²) in [7, 11) is 1.56. The first kappa shape index (κ1) is 17.1. The van der Waals surface area contributed by atoms with E-state index in [0.717, 1.165) is 31.4 Å². The summed E-state index contributed by atoms with van der Waals surface area (Å²) in [5.41, 5.74) is 13.0. The Labute approximate surface area is 146 Å². The van der Waals surface area contributed by atoms with Crippen molar-refractivity contribution in [3.05, 3.63) is 18.2 Å². The number of anilines is 2. The number of hydrogen-bond donors (Lipinski definition) is 3. The predicted molar refractivity (Wildman–Crippen MR) is 98.8 cm³/mol. The number of nitrogens with zero attached hydrogens (tertiary/aromatic N) is 3. The molecule has 5 N–H and O–H groups in total. The number of nitrogens with one attached hydrogen (secondary N) is 1. The number of hydrogen-bond acceptors (Lipinski definition) is 7. The molecule has 1 spiro atoms. The molecule has 25 heavy (non-hydrogen) atoms. The molecule has 1 aromatic carbocycles. The third-order valence-corrected chi connectivity index (χ3v) is 4.60. The van der Waals surface area contributed by atoms with Crippen molar-refractivity contribution in [1.82, 2.24) is 0 Å². The number of nitrogens with two attached hydrogens (primary N) is 2. The van der Waals surface area contributed by atoms with E-state index < -0.39 is 5.66 Å². The summed E-state index contributed by atoms with van der Waals surface area (Å²) in [5.74, 6) is 0.928. The summed E-state index contributed by atoms with van der Waals surface area (Å²) in [5, 5.41) is 2.79. The fraction of sp³-hybridized carbons (Fsp3) is 0.471. The number of methoxy groups -OCH3 is 1. The second-order valence-corrected chi connectivity index (χ2v) is 6.38. The fourth-order valence-electron chi connectivity index (χ4n) is 3.62. The lowest BCUT2D eigenvalue weighted by Gasteiger charge is -2.45. The maximum absolute atomic E-state index is 11.5. The number of benzene rings is 1. The van der Waals surface area contributed by atoms with E-state index >= 15 is 0 Å². The van der Waals surface area contributed by atoms with Gasteiger partial charge in [0.05, 0.1) is 12.8 Å². The summed E-state index contributed by atoms with van der Waals surface area (Å²) in [6.07, 6.45) is 4.98. The maximum atomic E-state index is 11.5. The Hall–Kier alpha value is -2.77. The van der Waals surface area contributed by atoms with Gasteiger partial charge in [-0.05, 0) is 43.9 Å². The molecule has 0 radical (unpaired) electrons. The van der Waals surface area contributed by atoms with Gasteiger partial charge < -0.3 is 21.5 Å². The van der Waals surface area contributed by atoms with Crippen molar-refractivity contribution in [3.8, 4) is 5.75 Å². The molecule has 1 aliphatic heterocycles. The predicted octanol–water partition coefficient (Wildman–Crippen LogP) is 1.76. The molecule has 1 aromatic rings. The van der Waals surface area contributed by atoms with E-state index in [1.54, 1.807) is 13.2 Å². The van der Waals surface area contributed by atoms with Crippen molar-refractivity contribution >= 4 is 29.2 Å². The smallest absolute Gasteiger partial charge is 0.221 e. The highest BCUT2D eigenvalue weighted by molar-refractivity contribution is 6.06. The molecule has 0 unspecified atom stereocenters. The van der Waals surface area contributed by atoms with E-state index in [1.165, 1.54) is 13.3 Å². The van der Waals surface area contributed by atoms with Gasteiger partial charge in [0, 0.05) is 12.6 Å². The van der Waals surface area contributed by atoms with Crippen LogP contribution in [0, 0.1) is 0 Å². The van der Waals surface area contributed by atoms with Crippen LogP contribution in [0.1, 0.15) is 39.0 Å². The van der Waals surface area contributed by atoms with Crippen LogP contribution in [0.2, 0.25) is 0 Å². The van der Waals surface area contributed by atoms with Gasteiger partial charge in [0.1, 0.15) is 11.4 Å². The molecule has 8 heteroatoms. The standard InChI is InChI=1S/C17H24N6O2/c1-11(24)20-13-10-12(6-7-14(13)25-2)23-16(19)21-15(18)22-17(23)8-4-3-5-9-17/h6-7,10H,3-5,8-9H2,1-2H3,(H,20,24)(H4,18,19,21,22). The number of carbonyl (C=O) groups is 1. The van der Waals surface area contributed by atoms with Crippen LogP contribution < -0.4 is 26.4 Å². The Morgan fingerprint density at radius 2 is 2.00 bits per heavy atom. The van der Waals surface area contributed by atoms with Gasteiger partial charge in [-0.3, -0.25) is 9.69 Å². The molecule has 0 saturated heterocycles. The van der Waals surface area contributed by atoms with Gasteiger partial charge in [0.15, 0.2) is 0 Å². The Kier molecular flexibility index (Phi) is 4.52. The molecule has 3 rings (SSSR count). The average molecular weight is 344 g/mol. The fourth-order valence-corrected chi connectivity index (χ4v) is 3.62. The zero-order valence-corrected chi connectivity index (χ0v) is 14.6. The van der Waals surface area contributed by atoms with Crippen molar-refractivity contribution in [2.45, 2.75) is 44.7 Å². The van der Waals surface area contributed by atoms with Gasteiger partial charge in [0.2, 0.25) is 17.8 Å². The minimum absolute atomic E-state index is 0.176. The minimum Gasteiger partial charge on any atom is -0.495 e. The normalized spacial score (nSPS) is 19.2. The van der Waals surface area contributed by atoms with E-state index in [1.807, 2.05) is 17.0 Å². The van der Waals surface area contributed by atoms with Gasteiger partial charge in [-0.1, -0.05) is 6.42 Å². The Balaban J connectivity index is 2.06. The molecular formula is C17H24N6O2. The number of carbonyl (C=O) groups excluding carboxylic acids is 1. The quantitative estimate of drug-likeness (QED) is 0.772. The molecule has 1 heterocycles. The second kappa shape index (κ2) is 6.62. The summed E-state index contributed by atoms with van der Waals surface area (Å²) >= 11 is 0. The third-order valence-electron chi connectivity index (χ3n) is 4.60. The first-order valence-corrected chi connectivity index (χ1v) is 8.40. The molecule has 0 atom stereocenters. The number of ether oxygens (including phenoxy) is 1. The summed E-state index contributed by atoms with van der Waals surface area (Å²) < 4.78 is 5.33. The number of amides is 1. The van der Waals surface area contributed by atoms with Crippen LogP contribution in [0.4, 0.5) is 11.4 Å². The molecule has 0 aromatic heterocycles. The van der Waals surface area contributed by atoms with Gasteiger partial charge in [-0.25, -0.2) is 4.99 Å². The number of guanidine groups is 2. The van der Waals surface area contributed by atoms with E-state index in [2.05, 4.69) is 15.3 Å². The number of aliphatic imine (C=N–C) groups is 2. The van der Waals surface area contributed by atoms with Crippen LogP contribution in [0.25, 0.3) is 0 Å². The Morgan fingerprint density at radius 1 is 1.28 bits per heavy atom. The summed E-state index contributed by atoms with van der Waals surface area (Å²) in [6, 6.07) is 5.52. The molecule has 1 fully saturated rings. The van der Waals surface area contributed by atoms with E-state index in [0.29, 0.717) is 17.4 Å². The first-order valence-electron chi connectivity index (χ1n) is 8.40. The lowest BCUT2D eigenvalue weighted by Crippen LogP contribution is -2.58. The van der Waals surface area contributed by atoms with Gasteiger partial charge >= 0.3 is 0 Å². The highest BCUT2D eigenvalue weighted by Gasteiger charge is 2.42. The lowest BCUT2D eigenvalue weighted by atomic mass is 9.87. The zero-order chi connectivity index (χ0) is 18.0. The molecule has 2 aliphatic rings. The SMILES string of the molecule is COc1ccc(N2C(N)=NC(N)=NC23CCCCC3)cc1NC(C)=O. The molecule has 1 aliphatic carbocycles. The minimum atomic E-state index is -0.518.